The molecule has 0 saturated carbocycles. The second kappa shape index (κ2) is 5.36. The number of rotatable bonds is 3. The lowest BCUT2D eigenvalue weighted by atomic mass is 10.1. The lowest BCUT2D eigenvalue weighted by Gasteiger charge is -2.08. The number of nitro groups is 1. The molecule has 1 aromatic heterocycles. The summed E-state index contributed by atoms with van der Waals surface area (Å²) in [5, 5.41) is 22.8. The molecule has 0 saturated heterocycles. The maximum atomic E-state index is 11.2. The molecule has 2 aromatic carbocycles. The van der Waals surface area contributed by atoms with Crippen LogP contribution in [0.3, 0.4) is 0 Å². The van der Waals surface area contributed by atoms with Crippen molar-refractivity contribution in [3.8, 4) is 17.1 Å². The molecular formula is C15H13N5O2. The van der Waals surface area contributed by atoms with E-state index in [0.29, 0.717) is 11.5 Å². The van der Waals surface area contributed by atoms with Crippen LogP contribution >= 0.6 is 0 Å². The average molecular weight is 295 g/mol. The lowest BCUT2D eigenvalue weighted by Crippen LogP contribution is -2.04. The number of nitrogens with zero attached hydrogens (tertiary/aromatic N) is 5. The Morgan fingerprint density at radius 3 is 2.64 bits per heavy atom. The topological polar surface area (TPSA) is 86.7 Å². The molecule has 0 unspecified atom stereocenters. The molecule has 22 heavy (non-hydrogen) atoms. The minimum atomic E-state index is -0.442. The van der Waals surface area contributed by atoms with E-state index in [0.717, 1.165) is 16.7 Å². The second-order valence-corrected chi connectivity index (χ2v) is 4.98. The lowest BCUT2D eigenvalue weighted by molar-refractivity contribution is -0.384. The van der Waals surface area contributed by atoms with E-state index in [2.05, 4.69) is 15.5 Å². The second-order valence-electron chi connectivity index (χ2n) is 4.98. The maximum Gasteiger partial charge on any atom is 0.295 e. The molecule has 7 heteroatoms. The summed E-state index contributed by atoms with van der Waals surface area (Å²) in [6.07, 6.45) is 0. The van der Waals surface area contributed by atoms with Crippen molar-refractivity contribution in [3.63, 3.8) is 0 Å². The molecule has 3 aromatic rings. The standard InChI is InChI=1S/C15H13N5O2/c1-10-7-8-12(11(2)9-10)15-16-17-18-19(15)13-5-3-4-6-14(13)20(21)22/h3-9H,1-2H3. The fourth-order valence-electron chi connectivity index (χ4n) is 2.38. The third kappa shape index (κ3) is 2.32. The molecule has 0 amide bonds. The van der Waals surface area contributed by atoms with Gasteiger partial charge in [0.2, 0.25) is 0 Å². The smallest absolute Gasteiger partial charge is 0.258 e. The first-order chi connectivity index (χ1) is 10.6. The van der Waals surface area contributed by atoms with Crippen LogP contribution in [-0.2, 0) is 0 Å². The van der Waals surface area contributed by atoms with Gasteiger partial charge in [0.05, 0.1) is 4.92 Å². The molecule has 0 aliphatic rings. The van der Waals surface area contributed by atoms with Crippen LogP contribution in [0.4, 0.5) is 5.69 Å². The van der Waals surface area contributed by atoms with Crippen molar-refractivity contribution in [2.75, 3.05) is 0 Å². The molecule has 110 valence electrons. The zero-order valence-electron chi connectivity index (χ0n) is 12.1. The fourth-order valence-corrected chi connectivity index (χ4v) is 2.38. The molecule has 0 radical (unpaired) electrons. The highest BCUT2D eigenvalue weighted by Gasteiger charge is 2.20. The Labute approximate surface area is 126 Å². The summed E-state index contributed by atoms with van der Waals surface area (Å²) < 4.78 is 1.40. The molecule has 7 nitrogen and oxygen atoms in total. The average Bonchev–Trinajstić information content (AvgIpc) is 2.96. The summed E-state index contributed by atoms with van der Waals surface area (Å²) in [6, 6.07) is 12.3. The van der Waals surface area contributed by atoms with Crippen LogP contribution in [0.2, 0.25) is 0 Å². The summed E-state index contributed by atoms with van der Waals surface area (Å²) in [5.74, 6) is 0.479. The van der Waals surface area contributed by atoms with Gasteiger partial charge in [-0.25, -0.2) is 0 Å². The highest BCUT2D eigenvalue weighted by Crippen LogP contribution is 2.27. The number of aryl methyl sites for hydroxylation is 2. The molecule has 0 fully saturated rings. The van der Waals surface area contributed by atoms with Gasteiger partial charge in [-0.1, -0.05) is 35.9 Å². The fraction of sp³-hybridized carbons (Fsp3) is 0.133. The van der Waals surface area contributed by atoms with Gasteiger partial charge in [-0.15, -0.1) is 5.10 Å². The Morgan fingerprint density at radius 2 is 1.91 bits per heavy atom. The number of aromatic nitrogens is 4. The summed E-state index contributed by atoms with van der Waals surface area (Å²) in [5.41, 5.74) is 3.28. The maximum absolute atomic E-state index is 11.2. The van der Waals surface area contributed by atoms with Crippen LogP contribution < -0.4 is 0 Å². The van der Waals surface area contributed by atoms with E-state index in [1.807, 2.05) is 32.0 Å². The first-order valence-electron chi connectivity index (χ1n) is 6.67. The quantitative estimate of drug-likeness (QED) is 0.547. The van der Waals surface area contributed by atoms with Crippen LogP contribution in [0.15, 0.2) is 42.5 Å². The monoisotopic (exact) mass is 295 g/mol. The van der Waals surface area contributed by atoms with Gasteiger partial charge in [0, 0.05) is 11.6 Å². The van der Waals surface area contributed by atoms with Crippen LogP contribution in [-0.4, -0.2) is 25.1 Å². The number of para-hydroxylation sites is 2. The van der Waals surface area contributed by atoms with E-state index in [4.69, 9.17) is 0 Å². The van der Waals surface area contributed by atoms with Crippen molar-refractivity contribution < 1.29 is 4.92 Å². The van der Waals surface area contributed by atoms with Crippen molar-refractivity contribution in [3.05, 3.63) is 63.7 Å². The first kappa shape index (κ1) is 13.9. The molecule has 0 bridgehead atoms. The van der Waals surface area contributed by atoms with Crippen molar-refractivity contribution in [2.45, 2.75) is 13.8 Å². The normalized spacial score (nSPS) is 10.6. The van der Waals surface area contributed by atoms with E-state index < -0.39 is 4.92 Å². The zero-order valence-corrected chi connectivity index (χ0v) is 12.1. The Balaban J connectivity index is 2.20. The van der Waals surface area contributed by atoms with Gasteiger partial charge in [0.1, 0.15) is 5.69 Å². The van der Waals surface area contributed by atoms with Gasteiger partial charge in [0.25, 0.3) is 5.69 Å². The van der Waals surface area contributed by atoms with Crippen molar-refractivity contribution in [2.24, 2.45) is 0 Å². The molecule has 0 atom stereocenters. The summed E-state index contributed by atoms with van der Waals surface area (Å²) >= 11 is 0. The molecule has 0 N–H and O–H groups in total. The molecule has 3 rings (SSSR count). The van der Waals surface area contributed by atoms with Gasteiger partial charge >= 0.3 is 0 Å². The van der Waals surface area contributed by atoms with Crippen LogP contribution in [0.25, 0.3) is 17.1 Å². The largest absolute Gasteiger partial charge is 0.295 e. The van der Waals surface area contributed by atoms with E-state index in [-0.39, 0.29) is 5.69 Å². The zero-order chi connectivity index (χ0) is 15.7. The van der Waals surface area contributed by atoms with E-state index in [9.17, 15) is 10.1 Å². The number of tetrazole rings is 1. The summed E-state index contributed by atoms with van der Waals surface area (Å²) in [6.45, 7) is 3.96. The van der Waals surface area contributed by atoms with Crippen LogP contribution in [0.5, 0.6) is 0 Å². The Kier molecular flexibility index (Phi) is 3.38. The first-order valence-corrected chi connectivity index (χ1v) is 6.67. The minimum absolute atomic E-state index is 0.0409. The predicted octanol–water partition coefficient (Wildman–Crippen LogP) is 2.85. The Bertz CT molecular complexity index is 857. The van der Waals surface area contributed by atoms with Gasteiger partial charge in [-0.2, -0.15) is 4.68 Å². The SMILES string of the molecule is Cc1ccc(-c2nnnn2-c2ccccc2[N+](=O)[O-])c(C)c1. The minimum Gasteiger partial charge on any atom is -0.258 e. The highest BCUT2D eigenvalue weighted by atomic mass is 16.6. The van der Waals surface area contributed by atoms with Gasteiger partial charge in [-0.3, -0.25) is 10.1 Å². The highest BCUT2D eigenvalue weighted by molar-refractivity contribution is 5.64. The van der Waals surface area contributed by atoms with Crippen molar-refractivity contribution in [1.82, 2.24) is 20.2 Å². The van der Waals surface area contributed by atoms with Crippen molar-refractivity contribution in [1.29, 1.82) is 0 Å². The van der Waals surface area contributed by atoms with Crippen molar-refractivity contribution >= 4 is 5.69 Å². The Hall–Kier alpha value is -3.09. The van der Waals surface area contributed by atoms with Gasteiger partial charge < -0.3 is 0 Å². The molecule has 1 heterocycles. The number of hydrogen-bond donors (Lipinski definition) is 0. The van der Waals surface area contributed by atoms with Crippen LogP contribution in [0.1, 0.15) is 11.1 Å². The van der Waals surface area contributed by atoms with Crippen LogP contribution in [0, 0.1) is 24.0 Å². The molecule has 0 aliphatic carbocycles. The molecule has 0 spiro atoms. The van der Waals surface area contributed by atoms with E-state index in [1.165, 1.54) is 10.7 Å². The summed E-state index contributed by atoms with van der Waals surface area (Å²) in [4.78, 5) is 10.8. The van der Waals surface area contributed by atoms with E-state index in [1.54, 1.807) is 18.2 Å². The number of nitro benzene ring substituents is 1. The third-order valence-electron chi connectivity index (χ3n) is 3.40. The summed E-state index contributed by atoms with van der Waals surface area (Å²) in [7, 11) is 0. The number of hydrogen-bond acceptors (Lipinski definition) is 5. The third-order valence-corrected chi connectivity index (χ3v) is 3.40. The predicted molar refractivity (Wildman–Crippen MR) is 80.7 cm³/mol. The van der Waals surface area contributed by atoms with E-state index >= 15 is 0 Å². The molecule has 0 aliphatic heterocycles. The molecular weight excluding hydrogens is 282 g/mol. The Morgan fingerprint density at radius 1 is 1.14 bits per heavy atom. The number of benzene rings is 2. The van der Waals surface area contributed by atoms with Gasteiger partial charge in [0.15, 0.2) is 5.82 Å². The van der Waals surface area contributed by atoms with Gasteiger partial charge in [-0.05, 0) is 35.9 Å².